The van der Waals surface area contributed by atoms with Gasteiger partial charge in [-0.15, -0.1) is 0 Å². The molecule has 4 saturated heterocycles. The fourth-order valence-corrected chi connectivity index (χ4v) is 9.65. The number of alkyl halides is 6. The van der Waals surface area contributed by atoms with E-state index >= 15 is 0 Å². The monoisotopic (exact) mass is 898 g/mol. The third-order valence-corrected chi connectivity index (χ3v) is 12.6. The lowest BCUT2D eigenvalue weighted by atomic mass is 9.85. The molecule has 4 unspecified atom stereocenters. The minimum Gasteiger partial charge on any atom is -0.497 e. The Balaban J connectivity index is 0.000000260. The van der Waals surface area contributed by atoms with E-state index in [1.165, 1.54) is 9.80 Å². The van der Waals surface area contributed by atoms with Crippen molar-refractivity contribution in [1.82, 2.24) is 15.1 Å². The molecule has 2 aliphatic carbocycles. The largest absolute Gasteiger partial charge is 0.497 e. The molecule has 6 aliphatic rings. The Bertz CT molecular complexity index is 1960. The molecule has 3 N–H and O–H groups in total. The molecule has 352 valence electrons. The number of rotatable bonds is 8. The van der Waals surface area contributed by atoms with Crippen LogP contribution < -0.4 is 15.8 Å². The predicted octanol–water partition coefficient (Wildman–Crippen LogP) is 7.95. The maximum absolute atomic E-state index is 13.2. The van der Waals surface area contributed by atoms with Gasteiger partial charge in [0.15, 0.2) is 0 Å². The SMILES string of the molecule is COc1ccc2cc(CN[C@H]3CC4C[C@@H](C)C([C@H]3OC(=O)C(C)(C)C)N(C(=O)CC(F)(F)F)C4)ccc2c1.C[C@H]1CC2C[C@@H](N)C([C@H]1OC(=O)C(C)(C)C)N(C(=O)CC(F)(F)F)C2. The first-order valence-electron chi connectivity index (χ1n) is 21.7. The van der Waals surface area contributed by atoms with Crippen molar-refractivity contribution >= 4 is 34.5 Å². The summed E-state index contributed by atoms with van der Waals surface area (Å²) < 4.78 is 94.5. The average Bonchev–Trinajstić information content (AvgIpc) is 3.50. The van der Waals surface area contributed by atoms with Crippen LogP contribution in [0.15, 0.2) is 36.4 Å². The number of methoxy groups -OCH3 is 1. The van der Waals surface area contributed by atoms with Gasteiger partial charge in [-0.05, 0) is 125 Å². The highest BCUT2D eigenvalue weighted by Gasteiger charge is 2.53. The summed E-state index contributed by atoms with van der Waals surface area (Å²) in [6.45, 7) is 15.1. The summed E-state index contributed by atoms with van der Waals surface area (Å²) in [4.78, 5) is 52.9. The number of ether oxygens (including phenoxy) is 3. The molecular weight excluding hydrogens is 835 g/mol. The lowest BCUT2D eigenvalue weighted by Gasteiger charge is -2.44. The van der Waals surface area contributed by atoms with Gasteiger partial charge in [0.25, 0.3) is 0 Å². The number of nitrogens with one attached hydrogen (secondary N) is 1. The molecule has 2 saturated carbocycles. The third-order valence-electron chi connectivity index (χ3n) is 12.6. The second-order valence-electron chi connectivity index (χ2n) is 20.2. The van der Waals surface area contributed by atoms with Crippen LogP contribution >= 0.6 is 0 Å². The van der Waals surface area contributed by atoms with Crippen LogP contribution in [0.2, 0.25) is 0 Å². The number of esters is 2. The van der Waals surface area contributed by atoms with Crippen molar-refractivity contribution in [2.45, 2.75) is 149 Å². The minimum absolute atomic E-state index is 0.0124. The van der Waals surface area contributed by atoms with Crippen LogP contribution in [-0.2, 0) is 35.2 Å². The summed E-state index contributed by atoms with van der Waals surface area (Å²) in [5, 5.41) is 5.64. The second kappa shape index (κ2) is 19.2. The number of halogens is 6. The Morgan fingerprint density at radius 1 is 0.683 bits per heavy atom. The number of carbonyl (C=O) groups excluding carboxylic acids is 4. The van der Waals surface area contributed by atoms with Crippen LogP contribution in [0.25, 0.3) is 10.8 Å². The zero-order valence-corrected chi connectivity index (χ0v) is 37.7. The Morgan fingerprint density at radius 2 is 1.17 bits per heavy atom. The normalized spacial score (nSPS) is 28.7. The highest BCUT2D eigenvalue weighted by Crippen LogP contribution is 2.42. The Hall–Kier alpha value is -4.12. The van der Waals surface area contributed by atoms with Gasteiger partial charge in [-0.1, -0.05) is 32.0 Å². The Labute approximate surface area is 366 Å². The number of nitrogens with two attached hydrogens (primary N) is 1. The molecular formula is C46H64F6N4O7. The molecule has 10 atom stereocenters. The number of carbonyl (C=O) groups is 4. The first-order chi connectivity index (χ1) is 29.0. The Kier molecular flexibility index (Phi) is 15.2. The molecule has 8 rings (SSSR count). The smallest absolute Gasteiger partial charge is 0.397 e. The highest BCUT2D eigenvalue weighted by molar-refractivity contribution is 5.84. The molecule has 4 aliphatic heterocycles. The molecule has 63 heavy (non-hydrogen) atoms. The standard InChI is InChI=1S/C29H37F3N2O4.C17H27F3N2O3/c1-17-10-19-12-23(33-15-18-6-7-21-13-22(37-5)9-8-20(21)11-18)26(38-27(36)28(2,3)4)25(17)34(16-19)24(35)14-29(30,31)32;1-9-5-10-6-11(21)13(14(9)25-15(24)16(2,3)4)22(8-10)12(23)7-17(18,19)20/h6-9,11,13,17,19,23,25-26,33H,10,12,14-16H2,1-5H3;9-11,13-14H,5-8,21H2,1-4H3/t17-,19?,23+,25?,26+;9-,10?,11+,13?,14-/m10/s1. The van der Waals surface area contributed by atoms with Gasteiger partial charge < -0.3 is 35.1 Å². The van der Waals surface area contributed by atoms with Crippen LogP contribution in [0.4, 0.5) is 26.3 Å². The molecule has 2 amide bonds. The van der Waals surface area contributed by atoms with E-state index in [1.807, 2.05) is 44.2 Å². The van der Waals surface area contributed by atoms with Gasteiger partial charge in [0.1, 0.15) is 30.8 Å². The number of fused-ring (bicyclic) bond motifs is 9. The van der Waals surface area contributed by atoms with Gasteiger partial charge in [0.2, 0.25) is 11.8 Å². The van der Waals surface area contributed by atoms with E-state index in [0.717, 1.165) is 28.5 Å². The number of hydrogen-bond donors (Lipinski definition) is 2. The summed E-state index contributed by atoms with van der Waals surface area (Å²) in [5.41, 5.74) is 5.67. The van der Waals surface area contributed by atoms with Crippen LogP contribution in [0.1, 0.15) is 99.5 Å². The molecule has 4 bridgehead atoms. The summed E-state index contributed by atoms with van der Waals surface area (Å²) >= 11 is 0. The summed E-state index contributed by atoms with van der Waals surface area (Å²) in [5.74, 6) is -2.19. The third kappa shape index (κ3) is 12.8. The summed E-state index contributed by atoms with van der Waals surface area (Å²) in [7, 11) is 1.63. The van der Waals surface area contributed by atoms with Gasteiger partial charge in [0, 0.05) is 31.7 Å². The van der Waals surface area contributed by atoms with E-state index in [0.29, 0.717) is 25.8 Å². The highest BCUT2D eigenvalue weighted by atomic mass is 19.4. The van der Waals surface area contributed by atoms with Crippen molar-refractivity contribution in [3.63, 3.8) is 0 Å². The van der Waals surface area contributed by atoms with Crippen molar-refractivity contribution in [3.8, 4) is 5.75 Å². The quantitative estimate of drug-likeness (QED) is 0.200. The van der Waals surface area contributed by atoms with Gasteiger partial charge >= 0.3 is 24.3 Å². The lowest BCUT2D eigenvalue weighted by Crippen LogP contribution is -2.61. The number of hydrogen-bond acceptors (Lipinski definition) is 9. The number of nitrogens with zero attached hydrogens (tertiary/aromatic N) is 2. The van der Waals surface area contributed by atoms with Crippen LogP contribution in [-0.4, -0.2) is 102 Å². The molecule has 0 aromatic heterocycles. The number of piperidine rings is 2. The number of benzene rings is 2. The minimum atomic E-state index is -4.60. The van der Waals surface area contributed by atoms with E-state index in [1.54, 1.807) is 48.7 Å². The molecule has 0 spiro atoms. The summed E-state index contributed by atoms with van der Waals surface area (Å²) in [6, 6.07) is 9.81. The van der Waals surface area contributed by atoms with Crippen molar-refractivity contribution in [2.24, 2.45) is 40.2 Å². The predicted molar refractivity (Wildman–Crippen MR) is 224 cm³/mol. The molecule has 0 radical (unpaired) electrons. The average molecular weight is 899 g/mol. The lowest BCUT2D eigenvalue weighted by molar-refractivity contribution is -0.176. The van der Waals surface area contributed by atoms with Crippen molar-refractivity contribution in [2.75, 3.05) is 20.2 Å². The van der Waals surface area contributed by atoms with Crippen LogP contribution in [0.5, 0.6) is 5.75 Å². The van der Waals surface area contributed by atoms with Gasteiger partial charge in [-0.2, -0.15) is 26.3 Å². The van der Waals surface area contributed by atoms with Gasteiger partial charge in [-0.3, -0.25) is 19.2 Å². The fraction of sp³-hybridized carbons (Fsp3) is 0.696. The van der Waals surface area contributed by atoms with Crippen molar-refractivity contribution < 1.29 is 59.7 Å². The van der Waals surface area contributed by atoms with E-state index in [-0.39, 0.29) is 42.8 Å². The zero-order valence-electron chi connectivity index (χ0n) is 37.7. The maximum atomic E-state index is 13.2. The molecule has 2 aromatic carbocycles. The Morgan fingerprint density at radius 3 is 1.71 bits per heavy atom. The molecule has 17 heteroatoms. The topological polar surface area (TPSA) is 140 Å². The van der Waals surface area contributed by atoms with E-state index in [4.69, 9.17) is 19.9 Å². The molecule has 6 fully saturated rings. The number of amides is 2. The van der Waals surface area contributed by atoms with Crippen molar-refractivity contribution in [1.29, 1.82) is 0 Å². The second-order valence-corrected chi connectivity index (χ2v) is 20.2. The summed E-state index contributed by atoms with van der Waals surface area (Å²) in [6.07, 6.45) is -11.0. The van der Waals surface area contributed by atoms with Crippen molar-refractivity contribution in [3.05, 3.63) is 42.0 Å². The zero-order chi connectivity index (χ0) is 47.0. The fourth-order valence-electron chi connectivity index (χ4n) is 9.65. The van der Waals surface area contributed by atoms with E-state index in [2.05, 4.69) is 11.4 Å². The van der Waals surface area contributed by atoms with Gasteiger partial charge in [0.05, 0.1) is 30.0 Å². The first-order valence-corrected chi connectivity index (χ1v) is 21.7. The van der Waals surface area contributed by atoms with E-state index in [9.17, 15) is 45.5 Å². The maximum Gasteiger partial charge on any atom is 0.397 e. The van der Waals surface area contributed by atoms with Crippen LogP contribution in [0.3, 0.4) is 0 Å². The molecule has 4 heterocycles. The van der Waals surface area contributed by atoms with E-state index < -0.39 is 90.1 Å². The molecule has 11 nitrogen and oxygen atoms in total. The van der Waals surface area contributed by atoms with Gasteiger partial charge in [-0.25, -0.2) is 0 Å². The molecule has 2 aromatic rings. The first kappa shape index (κ1) is 49.9. The van der Waals surface area contributed by atoms with Crippen LogP contribution in [0, 0.1) is 34.5 Å².